The molecule has 0 radical (unpaired) electrons. The second kappa shape index (κ2) is 3.98. The highest BCUT2D eigenvalue weighted by atomic mass is 35.5. The van der Waals surface area contributed by atoms with Crippen LogP contribution in [0.5, 0.6) is 0 Å². The van der Waals surface area contributed by atoms with Gasteiger partial charge in [0.1, 0.15) is 6.33 Å². The van der Waals surface area contributed by atoms with Crippen molar-refractivity contribution in [3.05, 3.63) is 29.8 Å². The van der Waals surface area contributed by atoms with Gasteiger partial charge in [-0.1, -0.05) is 11.6 Å². The minimum atomic E-state index is 0.305. The summed E-state index contributed by atoms with van der Waals surface area (Å²) in [6.45, 7) is 4.14. The zero-order valence-electron chi connectivity index (χ0n) is 8.55. The minimum Gasteiger partial charge on any atom is -0.311 e. The van der Waals surface area contributed by atoms with Gasteiger partial charge in [0.25, 0.3) is 0 Å². The predicted molar refractivity (Wildman–Crippen MR) is 58.6 cm³/mol. The highest BCUT2D eigenvalue weighted by Gasteiger charge is 2.12. The Balaban J connectivity index is 2.55. The number of halogens is 1. The molecule has 0 atom stereocenters. The smallest absolute Gasteiger partial charge is 0.165 e. The van der Waals surface area contributed by atoms with Crippen LogP contribution in [0.4, 0.5) is 0 Å². The van der Waals surface area contributed by atoms with E-state index in [4.69, 9.17) is 11.6 Å². The molecular weight excluding hydrogens is 212 g/mol. The lowest BCUT2D eigenvalue weighted by molar-refractivity contribution is 0.604. The Morgan fingerprint density at radius 3 is 2.87 bits per heavy atom. The number of aromatic nitrogens is 4. The number of hydrogen-bond acceptors (Lipinski definition) is 3. The van der Waals surface area contributed by atoms with E-state index in [1.54, 1.807) is 18.7 Å². The summed E-state index contributed by atoms with van der Waals surface area (Å²) in [4.78, 5) is 3.94. The van der Waals surface area contributed by atoms with Crippen LogP contribution in [0.25, 0.3) is 11.4 Å². The number of pyridine rings is 1. The molecule has 2 aromatic heterocycles. The van der Waals surface area contributed by atoms with Gasteiger partial charge in [0.05, 0.1) is 5.02 Å². The summed E-state index contributed by atoms with van der Waals surface area (Å²) in [5, 5.41) is 8.55. The lowest BCUT2D eigenvalue weighted by Crippen LogP contribution is -2.02. The number of hydrogen-bond donors (Lipinski definition) is 0. The Morgan fingerprint density at radius 1 is 1.40 bits per heavy atom. The van der Waals surface area contributed by atoms with Crippen molar-refractivity contribution in [2.24, 2.45) is 0 Å². The molecule has 0 unspecified atom stereocenters. The fourth-order valence-corrected chi connectivity index (χ4v) is 1.57. The normalized spacial score (nSPS) is 10.9. The maximum Gasteiger partial charge on any atom is 0.165 e. The molecule has 78 valence electrons. The van der Waals surface area contributed by atoms with Crippen molar-refractivity contribution in [1.82, 2.24) is 19.7 Å². The van der Waals surface area contributed by atoms with Gasteiger partial charge in [0.15, 0.2) is 5.82 Å². The van der Waals surface area contributed by atoms with Gasteiger partial charge < -0.3 is 4.57 Å². The second-order valence-corrected chi connectivity index (χ2v) is 3.92. The SMILES string of the molecule is CC(C)n1cnnc1-c1ccncc1Cl. The highest BCUT2D eigenvalue weighted by molar-refractivity contribution is 6.33. The van der Waals surface area contributed by atoms with Crippen LogP contribution in [-0.4, -0.2) is 19.7 Å². The Hall–Kier alpha value is -1.42. The molecule has 15 heavy (non-hydrogen) atoms. The largest absolute Gasteiger partial charge is 0.311 e. The molecule has 0 bridgehead atoms. The first kappa shape index (κ1) is 10.1. The van der Waals surface area contributed by atoms with Crippen LogP contribution in [0.15, 0.2) is 24.8 Å². The Kier molecular flexibility index (Phi) is 2.68. The third-order valence-electron chi connectivity index (χ3n) is 2.14. The maximum atomic E-state index is 6.05. The molecule has 0 fully saturated rings. The molecule has 0 amide bonds. The van der Waals surface area contributed by atoms with E-state index in [0.717, 1.165) is 11.4 Å². The van der Waals surface area contributed by atoms with E-state index in [0.29, 0.717) is 11.1 Å². The van der Waals surface area contributed by atoms with E-state index in [1.165, 1.54) is 0 Å². The van der Waals surface area contributed by atoms with E-state index in [2.05, 4.69) is 29.0 Å². The summed E-state index contributed by atoms with van der Waals surface area (Å²) in [6.07, 6.45) is 5.01. The second-order valence-electron chi connectivity index (χ2n) is 3.51. The highest BCUT2D eigenvalue weighted by Crippen LogP contribution is 2.26. The summed E-state index contributed by atoms with van der Waals surface area (Å²) in [6, 6.07) is 2.14. The summed E-state index contributed by atoms with van der Waals surface area (Å²) in [5.41, 5.74) is 0.859. The van der Waals surface area contributed by atoms with Crippen molar-refractivity contribution in [3.63, 3.8) is 0 Å². The number of rotatable bonds is 2. The molecule has 0 aliphatic heterocycles. The molecular formula is C10H11ClN4. The molecule has 2 aromatic rings. The number of nitrogens with zero attached hydrogens (tertiary/aromatic N) is 4. The van der Waals surface area contributed by atoms with Gasteiger partial charge in [0.2, 0.25) is 0 Å². The summed E-state index contributed by atoms with van der Waals surface area (Å²) in [7, 11) is 0. The monoisotopic (exact) mass is 222 g/mol. The lowest BCUT2D eigenvalue weighted by atomic mass is 10.2. The van der Waals surface area contributed by atoms with Crippen molar-refractivity contribution in [3.8, 4) is 11.4 Å². The molecule has 2 heterocycles. The van der Waals surface area contributed by atoms with Crippen LogP contribution in [0.1, 0.15) is 19.9 Å². The van der Waals surface area contributed by atoms with Gasteiger partial charge in [0, 0.05) is 24.0 Å². The van der Waals surface area contributed by atoms with Crippen LogP contribution in [-0.2, 0) is 0 Å². The summed E-state index contributed by atoms with van der Waals surface area (Å²) < 4.78 is 1.97. The maximum absolute atomic E-state index is 6.05. The van der Waals surface area contributed by atoms with Crippen molar-refractivity contribution in [2.45, 2.75) is 19.9 Å². The first-order valence-corrected chi connectivity index (χ1v) is 5.07. The predicted octanol–water partition coefficient (Wildman–Crippen LogP) is 2.57. The molecule has 0 spiro atoms. The van der Waals surface area contributed by atoms with Gasteiger partial charge in [-0.05, 0) is 19.9 Å². The van der Waals surface area contributed by atoms with Gasteiger partial charge in [-0.15, -0.1) is 10.2 Å². The van der Waals surface area contributed by atoms with Gasteiger partial charge in [-0.2, -0.15) is 0 Å². The lowest BCUT2D eigenvalue weighted by Gasteiger charge is -2.10. The van der Waals surface area contributed by atoms with Crippen molar-refractivity contribution in [1.29, 1.82) is 0 Å². The quantitative estimate of drug-likeness (QED) is 0.785. The molecule has 0 saturated heterocycles. The third-order valence-corrected chi connectivity index (χ3v) is 2.44. The minimum absolute atomic E-state index is 0.305. The fourth-order valence-electron chi connectivity index (χ4n) is 1.37. The summed E-state index contributed by atoms with van der Waals surface area (Å²) >= 11 is 6.05. The van der Waals surface area contributed by atoms with Crippen LogP contribution >= 0.6 is 11.6 Å². The molecule has 2 rings (SSSR count). The topological polar surface area (TPSA) is 43.6 Å². The molecule has 0 aliphatic carbocycles. The first-order chi connectivity index (χ1) is 7.20. The Labute approximate surface area is 92.9 Å². The molecule has 0 N–H and O–H groups in total. The van der Waals surface area contributed by atoms with Crippen LogP contribution < -0.4 is 0 Å². The van der Waals surface area contributed by atoms with Gasteiger partial charge >= 0.3 is 0 Å². The van der Waals surface area contributed by atoms with Crippen LogP contribution in [0.2, 0.25) is 5.02 Å². The van der Waals surface area contributed by atoms with Crippen molar-refractivity contribution >= 4 is 11.6 Å². The van der Waals surface area contributed by atoms with E-state index in [1.807, 2.05) is 10.6 Å². The average molecular weight is 223 g/mol. The average Bonchev–Trinajstić information content (AvgIpc) is 2.67. The van der Waals surface area contributed by atoms with Gasteiger partial charge in [-0.25, -0.2) is 0 Å². The molecule has 0 aromatic carbocycles. The van der Waals surface area contributed by atoms with Crippen LogP contribution in [0.3, 0.4) is 0 Å². The van der Waals surface area contributed by atoms with E-state index >= 15 is 0 Å². The standard InChI is InChI=1S/C10H11ClN4/c1-7(2)15-6-13-14-10(15)8-3-4-12-5-9(8)11/h3-7H,1-2H3. The fraction of sp³-hybridized carbons (Fsp3) is 0.300. The molecule has 4 nitrogen and oxygen atoms in total. The van der Waals surface area contributed by atoms with Crippen molar-refractivity contribution in [2.75, 3.05) is 0 Å². The van der Waals surface area contributed by atoms with E-state index in [-0.39, 0.29) is 0 Å². The Morgan fingerprint density at radius 2 is 2.20 bits per heavy atom. The van der Waals surface area contributed by atoms with Crippen molar-refractivity contribution < 1.29 is 0 Å². The molecule has 0 saturated carbocycles. The van der Waals surface area contributed by atoms with E-state index < -0.39 is 0 Å². The molecule has 5 heteroatoms. The third kappa shape index (κ3) is 1.85. The first-order valence-electron chi connectivity index (χ1n) is 4.69. The zero-order valence-corrected chi connectivity index (χ0v) is 9.31. The van der Waals surface area contributed by atoms with E-state index in [9.17, 15) is 0 Å². The van der Waals surface area contributed by atoms with Gasteiger partial charge in [-0.3, -0.25) is 4.98 Å². The molecule has 0 aliphatic rings. The summed E-state index contributed by atoms with van der Waals surface area (Å²) in [5.74, 6) is 0.775. The zero-order chi connectivity index (χ0) is 10.8. The Bertz CT molecular complexity index is 464. The van der Waals surface area contributed by atoms with Crippen LogP contribution in [0, 0.1) is 0 Å².